The van der Waals surface area contributed by atoms with Crippen LogP contribution in [0.3, 0.4) is 0 Å². The Morgan fingerprint density at radius 2 is 2.04 bits per heavy atom. The molecule has 0 aliphatic heterocycles. The molecule has 0 fully saturated rings. The Kier molecular flexibility index (Phi) is 6.68. The van der Waals surface area contributed by atoms with Crippen LogP contribution in [0.5, 0.6) is 0 Å². The summed E-state index contributed by atoms with van der Waals surface area (Å²) < 4.78 is 0.960. The highest BCUT2D eigenvalue weighted by Gasteiger charge is 2.11. The van der Waals surface area contributed by atoms with Gasteiger partial charge in [-0.15, -0.1) is 0 Å². The summed E-state index contributed by atoms with van der Waals surface area (Å²) in [6.45, 7) is 0.486. The molecule has 0 radical (unpaired) electrons. The minimum atomic E-state index is -0.552. The minimum absolute atomic E-state index is 0.0592. The van der Waals surface area contributed by atoms with Crippen LogP contribution in [-0.2, 0) is 11.3 Å². The molecule has 7 heteroatoms. The highest BCUT2D eigenvalue weighted by molar-refractivity contribution is 9.10. The standard InChI is InChI=1S/C17H12BrCl2N3O/c18-13-3-1-2-11(6-13)9-22-10-12(8-21)17(24)23-16-5-4-14(19)7-15(16)20/h1-7,10,22H,9H2,(H,23,24)/b12-10-. The number of nitrogens with zero attached hydrogens (tertiary/aromatic N) is 1. The van der Waals surface area contributed by atoms with Gasteiger partial charge in [-0.2, -0.15) is 5.26 Å². The average Bonchev–Trinajstić information content (AvgIpc) is 2.54. The molecule has 0 saturated heterocycles. The molecule has 2 aromatic rings. The zero-order valence-corrected chi connectivity index (χ0v) is 15.4. The molecule has 0 aromatic heterocycles. The summed E-state index contributed by atoms with van der Waals surface area (Å²) in [6.07, 6.45) is 1.38. The van der Waals surface area contributed by atoms with E-state index in [0.717, 1.165) is 10.0 Å². The monoisotopic (exact) mass is 423 g/mol. The SMILES string of the molecule is N#C/C(=C/NCc1cccc(Br)c1)C(=O)Nc1ccc(Cl)cc1Cl. The quantitative estimate of drug-likeness (QED) is 0.530. The van der Waals surface area contributed by atoms with E-state index in [9.17, 15) is 4.79 Å². The molecule has 0 spiro atoms. The fourth-order valence-electron chi connectivity index (χ4n) is 1.85. The van der Waals surface area contributed by atoms with Gasteiger partial charge in [0.25, 0.3) is 5.91 Å². The van der Waals surface area contributed by atoms with Crippen LogP contribution in [0, 0.1) is 11.3 Å². The molecule has 4 nitrogen and oxygen atoms in total. The Labute approximate surface area is 158 Å². The summed E-state index contributed by atoms with van der Waals surface area (Å²) >= 11 is 15.2. The minimum Gasteiger partial charge on any atom is -0.386 e. The number of nitrogens with one attached hydrogen (secondary N) is 2. The Bertz CT molecular complexity index is 831. The molecule has 0 aliphatic rings. The van der Waals surface area contributed by atoms with Gasteiger partial charge in [-0.25, -0.2) is 0 Å². The van der Waals surface area contributed by atoms with E-state index in [-0.39, 0.29) is 5.57 Å². The molecule has 2 N–H and O–H groups in total. The predicted molar refractivity (Wildman–Crippen MR) is 99.8 cm³/mol. The smallest absolute Gasteiger partial charge is 0.267 e. The number of anilines is 1. The van der Waals surface area contributed by atoms with E-state index < -0.39 is 5.91 Å². The van der Waals surface area contributed by atoms with Crippen LogP contribution in [0.1, 0.15) is 5.56 Å². The van der Waals surface area contributed by atoms with Gasteiger partial charge < -0.3 is 10.6 Å². The fraction of sp³-hybridized carbons (Fsp3) is 0.0588. The van der Waals surface area contributed by atoms with Crippen molar-refractivity contribution in [3.8, 4) is 6.07 Å². The molecule has 0 unspecified atom stereocenters. The van der Waals surface area contributed by atoms with Crippen LogP contribution < -0.4 is 10.6 Å². The zero-order valence-electron chi connectivity index (χ0n) is 12.3. The van der Waals surface area contributed by atoms with Crippen molar-refractivity contribution in [3.63, 3.8) is 0 Å². The summed E-state index contributed by atoms with van der Waals surface area (Å²) in [5.41, 5.74) is 1.34. The lowest BCUT2D eigenvalue weighted by Crippen LogP contribution is -2.16. The molecular formula is C17H12BrCl2N3O. The van der Waals surface area contributed by atoms with Gasteiger partial charge in [0, 0.05) is 22.2 Å². The molecule has 0 aliphatic carbocycles. The molecule has 122 valence electrons. The Hall–Kier alpha value is -2.00. The molecule has 1 amide bonds. The van der Waals surface area contributed by atoms with Crippen molar-refractivity contribution in [1.29, 1.82) is 5.26 Å². The third-order valence-corrected chi connectivity index (χ3v) is 4.03. The third kappa shape index (κ3) is 5.27. The van der Waals surface area contributed by atoms with Crippen LogP contribution in [0.2, 0.25) is 10.0 Å². The fourth-order valence-corrected chi connectivity index (χ4v) is 2.75. The molecule has 0 atom stereocenters. The number of halogens is 3. The number of carbonyl (C=O) groups is 1. The van der Waals surface area contributed by atoms with Crippen LogP contribution in [-0.4, -0.2) is 5.91 Å². The maximum absolute atomic E-state index is 12.1. The topological polar surface area (TPSA) is 64.9 Å². The first-order chi connectivity index (χ1) is 11.5. The first kappa shape index (κ1) is 18.3. The van der Waals surface area contributed by atoms with Crippen molar-refractivity contribution in [2.45, 2.75) is 6.54 Å². The van der Waals surface area contributed by atoms with Crippen molar-refractivity contribution in [1.82, 2.24) is 5.32 Å². The summed E-state index contributed by atoms with van der Waals surface area (Å²) in [7, 11) is 0. The first-order valence-corrected chi connectivity index (χ1v) is 8.39. The Morgan fingerprint density at radius 3 is 2.71 bits per heavy atom. The molecule has 0 heterocycles. The summed E-state index contributed by atoms with van der Waals surface area (Å²) in [5.74, 6) is -0.552. The first-order valence-electron chi connectivity index (χ1n) is 6.84. The maximum Gasteiger partial charge on any atom is 0.267 e. The Balaban J connectivity index is 2.01. The molecule has 2 rings (SSSR count). The highest BCUT2D eigenvalue weighted by Crippen LogP contribution is 2.25. The summed E-state index contributed by atoms with van der Waals surface area (Å²) in [6, 6.07) is 14.3. The number of nitriles is 1. The van der Waals surface area contributed by atoms with E-state index in [1.54, 1.807) is 12.1 Å². The number of hydrogen-bond donors (Lipinski definition) is 2. The average molecular weight is 425 g/mol. The van der Waals surface area contributed by atoms with Crippen LogP contribution in [0.25, 0.3) is 0 Å². The van der Waals surface area contributed by atoms with Crippen LogP contribution in [0.15, 0.2) is 58.7 Å². The third-order valence-electron chi connectivity index (χ3n) is 2.99. The normalized spacial score (nSPS) is 10.8. The van der Waals surface area contributed by atoms with Gasteiger partial charge in [-0.05, 0) is 35.9 Å². The van der Waals surface area contributed by atoms with Gasteiger partial charge >= 0.3 is 0 Å². The van der Waals surface area contributed by atoms with E-state index in [4.69, 9.17) is 28.5 Å². The lowest BCUT2D eigenvalue weighted by Gasteiger charge is -2.07. The number of benzene rings is 2. The van der Waals surface area contributed by atoms with E-state index in [0.29, 0.717) is 22.3 Å². The van der Waals surface area contributed by atoms with E-state index in [1.165, 1.54) is 12.3 Å². The zero-order chi connectivity index (χ0) is 17.5. The lowest BCUT2D eigenvalue weighted by atomic mass is 10.2. The van der Waals surface area contributed by atoms with Crippen LogP contribution >= 0.6 is 39.1 Å². The van der Waals surface area contributed by atoms with Gasteiger partial charge in [0.05, 0.1) is 10.7 Å². The largest absolute Gasteiger partial charge is 0.386 e. The number of hydrogen-bond acceptors (Lipinski definition) is 3. The Morgan fingerprint density at radius 1 is 1.25 bits per heavy atom. The van der Waals surface area contributed by atoms with Gasteiger partial charge in [0.2, 0.25) is 0 Å². The van der Waals surface area contributed by atoms with Gasteiger partial charge in [0.1, 0.15) is 11.6 Å². The van der Waals surface area contributed by atoms with Crippen molar-refractivity contribution >= 4 is 50.7 Å². The molecule has 0 bridgehead atoms. The molecule has 0 saturated carbocycles. The second-order valence-electron chi connectivity index (χ2n) is 4.76. The van der Waals surface area contributed by atoms with E-state index in [1.807, 2.05) is 30.3 Å². The van der Waals surface area contributed by atoms with Gasteiger partial charge in [0.15, 0.2) is 0 Å². The van der Waals surface area contributed by atoms with Crippen molar-refractivity contribution in [2.24, 2.45) is 0 Å². The van der Waals surface area contributed by atoms with Gasteiger partial charge in [-0.1, -0.05) is 51.3 Å². The van der Waals surface area contributed by atoms with Crippen molar-refractivity contribution in [2.75, 3.05) is 5.32 Å². The van der Waals surface area contributed by atoms with Crippen LogP contribution in [0.4, 0.5) is 5.69 Å². The summed E-state index contributed by atoms with van der Waals surface area (Å²) in [5, 5.41) is 15.4. The second kappa shape index (κ2) is 8.74. The maximum atomic E-state index is 12.1. The molecular weight excluding hydrogens is 413 g/mol. The van der Waals surface area contributed by atoms with Gasteiger partial charge in [-0.3, -0.25) is 4.79 Å². The molecule has 2 aromatic carbocycles. The van der Waals surface area contributed by atoms with Crippen molar-refractivity contribution in [3.05, 3.63) is 74.3 Å². The second-order valence-corrected chi connectivity index (χ2v) is 6.52. The molecule has 24 heavy (non-hydrogen) atoms. The predicted octanol–water partition coefficient (Wildman–Crippen LogP) is 4.89. The number of amides is 1. The van der Waals surface area contributed by atoms with E-state index in [2.05, 4.69) is 26.6 Å². The number of carbonyl (C=O) groups excluding carboxylic acids is 1. The summed E-state index contributed by atoms with van der Waals surface area (Å²) in [4.78, 5) is 12.1. The lowest BCUT2D eigenvalue weighted by molar-refractivity contribution is -0.112. The van der Waals surface area contributed by atoms with Crippen molar-refractivity contribution < 1.29 is 4.79 Å². The highest BCUT2D eigenvalue weighted by atomic mass is 79.9. The number of rotatable bonds is 5. The van der Waals surface area contributed by atoms with E-state index >= 15 is 0 Å².